The van der Waals surface area contributed by atoms with Gasteiger partial charge < -0.3 is 19.3 Å². The van der Waals surface area contributed by atoms with Gasteiger partial charge in [0, 0.05) is 0 Å². The van der Waals surface area contributed by atoms with Gasteiger partial charge in [0.05, 0.1) is 0 Å². The van der Waals surface area contributed by atoms with Crippen LogP contribution >= 0.6 is 0 Å². The number of para-hydroxylation sites is 3. The van der Waals surface area contributed by atoms with Gasteiger partial charge in [-0.15, -0.1) is 0 Å². The van der Waals surface area contributed by atoms with Crippen LogP contribution in [-0.4, -0.2) is 30.3 Å². The number of ether oxygens (including phenoxy) is 3. The number of phenols is 1. The van der Waals surface area contributed by atoms with Crippen molar-refractivity contribution in [2.24, 2.45) is 0 Å². The molecule has 0 radical (unpaired) electrons. The van der Waals surface area contributed by atoms with Crippen LogP contribution in [0.3, 0.4) is 0 Å². The molecule has 0 atom stereocenters. The molecule has 3 rings (SSSR count). The van der Waals surface area contributed by atoms with E-state index >= 15 is 0 Å². The second-order valence-corrected chi connectivity index (χ2v) is 5.70. The first kappa shape index (κ1) is 19.0. The Kier molecular flexibility index (Phi) is 6.25. The van der Waals surface area contributed by atoms with Crippen LogP contribution in [0.4, 0.5) is 0 Å². The zero-order chi connectivity index (χ0) is 19.8. The quantitative estimate of drug-likeness (QED) is 0.382. The van der Waals surface area contributed by atoms with Crippen molar-refractivity contribution in [1.82, 2.24) is 0 Å². The van der Waals surface area contributed by atoms with Crippen molar-refractivity contribution < 1.29 is 28.9 Å². The molecule has 0 unspecified atom stereocenters. The van der Waals surface area contributed by atoms with Crippen molar-refractivity contribution in [3.05, 3.63) is 90.0 Å². The summed E-state index contributed by atoms with van der Waals surface area (Å²) in [6, 6.07) is 21.4. The van der Waals surface area contributed by atoms with Crippen molar-refractivity contribution in [2.75, 3.05) is 13.2 Å². The maximum Gasteiger partial charge on any atom is 0.347 e. The summed E-state index contributed by atoms with van der Waals surface area (Å²) in [6.07, 6.45) is 0. The minimum Gasteiger partial charge on any atom is -0.507 e. The molecule has 0 aliphatic carbocycles. The van der Waals surface area contributed by atoms with E-state index in [2.05, 4.69) is 0 Å². The standard InChI is InChI=1S/C22H18O6/c23-19-12-6-4-10-17(19)22(25)28-20-13-7-5-11-18(20)21(24)27-15-14-26-16-8-2-1-3-9-16/h1-13,23H,14-15H2. The number of hydrogen-bond acceptors (Lipinski definition) is 6. The molecule has 0 bridgehead atoms. The Morgan fingerprint density at radius 3 is 2.11 bits per heavy atom. The smallest absolute Gasteiger partial charge is 0.347 e. The van der Waals surface area contributed by atoms with E-state index in [-0.39, 0.29) is 35.8 Å². The van der Waals surface area contributed by atoms with Gasteiger partial charge in [-0.25, -0.2) is 9.59 Å². The lowest BCUT2D eigenvalue weighted by atomic mass is 10.2. The number of hydrogen-bond donors (Lipinski definition) is 1. The molecule has 0 spiro atoms. The number of carbonyl (C=O) groups is 2. The Morgan fingerprint density at radius 2 is 1.36 bits per heavy atom. The number of carbonyl (C=O) groups excluding carboxylic acids is 2. The molecule has 0 saturated heterocycles. The summed E-state index contributed by atoms with van der Waals surface area (Å²) in [5, 5.41) is 9.77. The largest absolute Gasteiger partial charge is 0.507 e. The fourth-order valence-corrected chi connectivity index (χ4v) is 2.41. The van der Waals surface area contributed by atoms with Gasteiger partial charge in [-0.05, 0) is 36.4 Å². The van der Waals surface area contributed by atoms with Crippen molar-refractivity contribution in [2.45, 2.75) is 0 Å². The van der Waals surface area contributed by atoms with Crippen LogP contribution in [0, 0.1) is 0 Å². The summed E-state index contributed by atoms with van der Waals surface area (Å²) in [4.78, 5) is 24.6. The summed E-state index contributed by atoms with van der Waals surface area (Å²) >= 11 is 0. The lowest BCUT2D eigenvalue weighted by molar-refractivity contribution is 0.0445. The van der Waals surface area contributed by atoms with Gasteiger partial charge in [0.15, 0.2) is 0 Å². The highest BCUT2D eigenvalue weighted by Crippen LogP contribution is 2.23. The molecular weight excluding hydrogens is 360 g/mol. The van der Waals surface area contributed by atoms with Crippen LogP contribution in [0.1, 0.15) is 20.7 Å². The van der Waals surface area contributed by atoms with E-state index in [0.29, 0.717) is 5.75 Å². The molecule has 3 aromatic rings. The van der Waals surface area contributed by atoms with Crippen LogP contribution in [-0.2, 0) is 4.74 Å². The van der Waals surface area contributed by atoms with Crippen molar-refractivity contribution in [3.8, 4) is 17.2 Å². The highest BCUT2D eigenvalue weighted by Gasteiger charge is 2.19. The number of rotatable bonds is 7. The molecule has 3 aromatic carbocycles. The number of aromatic hydroxyl groups is 1. The molecular formula is C22H18O6. The molecule has 142 valence electrons. The van der Waals surface area contributed by atoms with E-state index in [1.54, 1.807) is 36.4 Å². The van der Waals surface area contributed by atoms with E-state index in [1.807, 2.05) is 18.2 Å². The highest BCUT2D eigenvalue weighted by molar-refractivity contribution is 5.97. The number of esters is 2. The summed E-state index contributed by atoms with van der Waals surface area (Å²) in [5.41, 5.74) is 0.105. The first-order valence-electron chi connectivity index (χ1n) is 8.59. The normalized spacial score (nSPS) is 10.1. The van der Waals surface area contributed by atoms with Crippen LogP contribution in [0.2, 0.25) is 0 Å². The van der Waals surface area contributed by atoms with Gasteiger partial charge in [0.2, 0.25) is 0 Å². The zero-order valence-electron chi connectivity index (χ0n) is 14.9. The van der Waals surface area contributed by atoms with E-state index in [1.165, 1.54) is 24.3 Å². The molecule has 0 fully saturated rings. The van der Waals surface area contributed by atoms with Crippen molar-refractivity contribution >= 4 is 11.9 Å². The molecule has 0 aliphatic rings. The fourth-order valence-electron chi connectivity index (χ4n) is 2.41. The molecule has 0 amide bonds. The van der Waals surface area contributed by atoms with Crippen LogP contribution in [0.15, 0.2) is 78.9 Å². The Hall–Kier alpha value is -3.80. The van der Waals surface area contributed by atoms with Gasteiger partial charge in [0.25, 0.3) is 0 Å². The average Bonchev–Trinajstić information content (AvgIpc) is 2.72. The van der Waals surface area contributed by atoms with Gasteiger partial charge in [-0.1, -0.05) is 42.5 Å². The third-order valence-corrected chi connectivity index (χ3v) is 3.76. The summed E-state index contributed by atoms with van der Waals surface area (Å²) in [7, 11) is 0. The SMILES string of the molecule is O=C(Oc1ccccc1C(=O)OCCOc1ccccc1)c1ccccc1O. The Morgan fingerprint density at radius 1 is 0.714 bits per heavy atom. The molecule has 0 aliphatic heterocycles. The Labute approximate surface area is 161 Å². The lowest BCUT2D eigenvalue weighted by Crippen LogP contribution is -2.15. The monoisotopic (exact) mass is 378 g/mol. The maximum absolute atomic E-state index is 12.3. The first-order valence-corrected chi connectivity index (χ1v) is 8.59. The van der Waals surface area contributed by atoms with Gasteiger partial charge in [-0.2, -0.15) is 0 Å². The Balaban J connectivity index is 1.60. The molecule has 0 aromatic heterocycles. The predicted octanol–water partition coefficient (Wildman–Crippen LogP) is 3.85. The third-order valence-electron chi connectivity index (χ3n) is 3.76. The molecule has 6 heteroatoms. The molecule has 0 heterocycles. The summed E-state index contributed by atoms with van der Waals surface area (Å²) in [6.45, 7) is 0.227. The summed E-state index contributed by atoms with van der Waals surface area (Å²) in [5.74, 6) is -0.894. The zero-order valence-corrected chi connectivity index (χ0v) is 14.9. The van der Waals surface area contributed by atoms with Gasteiger partial charge >= 0.3 is 11.9 Å². The minimum absolute atomic E-state index is 0.00179. The second-order valence-electron chi connectivity index (χ2n) is 5.70. The molecule has 0 saturated carbocycles. The topological polar surface area (TPSA) is 82.1 Å². The van der Waals surface area contributed by atoms with Gasteiger partial charge in [0.1, 0.15) is 41.6 Å². The fraction of sp³-hybridized carbons (Fsp3) is 0.0909. The molecule has 28 heavy (non-hydrogen) atoms. The third kappa shape index (κ3) is 4.88. The average molecular weight is 378 g/mol. The van der Waals surface area contributed by atoms with E-state index in [0.717, 1.165) is 0 Å². The Bertz CT molecular complexity index is 952. The number of phenolic OH excluding ortho intramolecular Hbond substituents is 1. The van der Waals surface area contributed by atoms with Crippen molar-refractivity contribution in [3.63, 3.8) is 0 Å². The van der Waals surface area contributed by atoms with Crippen LogP contribution in [0.5, 0.6) is 17.2 Å². The highest BCUT2D eigenvalue weighted by atomic mass is 16.6. The second kappa shape index (κ2) is 9.23. The van der Waals surface area contributed by atoms with E-state index < -0.39 is 11.9 Å². The first-order chi connectivity index (χ1) is 13.6. The van der Waals surface area contributed by atoms with E-state index in [4.69, 9.17) is 14.2 Å². The number of benzene rings is 3. The molecule has 1 N–H and O–H groups in total. The van der Waals surface area contributed by atoms with Gasteiger partial charge in [-0.3, -0.25) is 0 Å². The molecule has 6 nitrogen and oxygen atoms in total. The van der Waals surface area contributed by atoms with Crippen LogP contribution in [0.25, 0.3) is 0 Å². The predicted molar refractivity (Wildman–Crippen MR) is 102 cm³/mol. The summed E-state index contributed by atoms with van der Waals surface area (Å²) < 4.78 is 15.9. The lowest BCUT2D eigenvalue weighted by Gasteiger charge is -2.11. The van der Waals surface area contributed by atoms with E-state index in [9.17, 15) is 14.7 Å². The van der Waals surface area contributed by atoms with Crippen LogP contribution < -0.4 is 9.47 Å². The van der Waals surface area contributed by atoms with Crippen molar-refractivity contribution in [1.29, 1.82) is 0 Å². The minimum atomic E-state index is -0.772. The maximum atomic E-state index is 12.3.